The number of hydrogen-bond donors (Lipinski definition) is 2. The molecule has 0 aromatic heterocycles. The Labute approximate surface area is 107 Å². The molecule has 3 atom stereocenters. The number of nitrogens with two attached hydrogens (primary N) is 2. The Kier molecular flexibility index (Phi) is 6.03. The molecule has 0 amide bonds. The molecule has 0 rings (SSSR count). The van der Waals surface area contributed by atoms with E-state index < -0.39 is 0 Å². The molecule has 11 heavy (non-hydrogen) atoms. The molecule has 5 heteroatoms. The molecule has 71 valence electrons. The molecular formula is C6H13I2N2Pt. The van der Waals surface area contributed by atoms with Gasteiger partial charge in [0.2, 0.25) is 0 Å². The van der Waals surface area contributed by atoms with Crippen LogP contribution in [-0.4, -0.2) is 5.98 Å². The zero-order chi connectivity index (χ0) is 9.23. The van der Waals surface area contributed by atoms with Crippen molar-refractivity contribution in [3.05, 3.63) is 0 Å². The zero-order valence-corrected chi connectivity index (χ0v) is 13.0. The minimum absolute atomic E-state index is 0.182. The Morgan fingerprint density at radius 1 is 1.36 bits per heavy atom. The number of halogens is 2. The van der Waals surface area contributed by atoms with E-state index in [-0.39, 0.29) is 5.98 Å². The summed E-state index contributed by atoms with van der Waals surface area (Å²) in [4.78, 5) is 0. The molecule has 0 aromatic rings. The van der Waals surface area contributed by atoms with Gasteiger partial charge in [-0.1, -0.05) is 0 Å². The van der Waals surface area contributed by atoms with Gasteiger partial charge in [0, 0.05) is 0 Å². The molecule has 0 saturated carbocycles. The fraction of sp³-hybridized carbons (Fsp3) is 1.00. The van der Waals surface area contributed by atoms with E-state index in [0.717, 1.165) is 0 Å². The third kappa shape index (κ3) is 4.74. The monoisotopic (exact) mass is 562 g/mol. The van der Waals surface area contributed by atoms with E-state index in [1.807, 2.05) is 0 Å². The van der Waals surface area contributed by atoms with E-state index in [0.29, 0.717) is 11.8 Å². The summed E-state index contributed by atoms with van der Waals surface area (Å²) in [5, 5.41) is 0. The molecule has 0 fully saturated rings. The van der Waals surface area contributed by atoms with Gasteiger partial charge in [0.15, 0.2) is 0 Å². The molecule has 4 N–H and O–H groups in total. The molecule has 2 nitrogen and oxygen atoms in total. The standard InChI is InChI=1S/C6H13I2N2.Pt/c1-4(3-9)5(2)6(7,8)10;/h3-5H,9-10H2,1-2H3;. The fourth-order valence-corrected chi connectivity index (χ4v) is 2.40. The van der Waals surface area contributed by atoms with E-state index in [2.05, 4.69) is 78.8 Å². The second kappa shape index (κ2) is 5.07. The first-order chi connectivity index (χ1) is 4.76. The van der Waals surface area contributed by atoms with Gasteiger partial charge in [-0.05, 0) is 0 Å². The van der Waals surface area contributed by atoms with Crippen molar-refractivity contribution in [2.24, 2.45) is 23.3 Å². The first-order valence-electron chi connectivity index (χ1n) is 3.29. The van der Waals surface area contributed by atoms with Crippen LogP contribution in [0.15, 0.2) is 0 Å². The molecule has 0 aliphatic rings. The molecule has 0 bridgehead atoms. The summed E-state index contributed by atoms with van der Waals surface area (Å²) < 4.78 is 0.00964. The normalized spacial score (nSPS) is 21.1. The number of rotatable bonds is 3. The van der Waals surface area contributed by atoms with Crippen molar-refractivity contribution >= 4 is 45.2 Å². The van der Waals surface area contributed by atoms with Crippen molar-refractivity contribution in [3.8, 4) is 0 Å². The van der Waals surface area contributed by atoms with Gasteiger partial charge in [0.1, 0.15) is 0 Å². The minimum atomic E-state index is -0.182. The predicted molar refractivity (Wildman–Crippen MR) is 61.3 cm³/mol. The van der Waals surface area contributed by atoms with Crippen molar-refractivity contribution in [2.45, 2.75) is 19.8 Å². The van der Waals surface area contributed by atoms with Crippen LogP contribution in [0.3, 0.4) is 0 Å². The quantitative estimate of drug-likeness (QED) is 0.312. The van der Waals surface area contributed by atoms with E-state index in [1.165, 1.54) is 0 Å². The number of alkyl halides is 2. The second-order valence-corrected chi connectivity index (χ2v) is 9.87. The second-order valence-electron chi connectivity index (χ2n) is 2.73. The van der Waals surface area contributed by atoms with Crippen LogP contribution >= 0.6 is 45.2 Å². The van der Waals surface area contributed by atoms with Crippen LogP contribution in [0.25, 0.3) is 0 Å². The van der Waals surface area contributed by atoms with Crippen LogP contribution in [0.4, 0.5) is 0 Å². The summed E-state index contributed by atoms with van der Waals surface area (Å²) in [6.45, 7) is 4.28. The van der Waals surface area contributed by atoms with Gasteiger partial charge < -0.3 is 0 Å². The molecule has 0 aliphatic carbocycles. The summed E-state index contributed by atoms with van der Waals surface area (Å²) >= 11 is 6.74. The Bertz CT molecular complexity index is 124. The van der Waals surface area contributed by atoms with E-state index >= 15 is 0 Å². The van der Waals surface area contributed by atoms with Gasteiger partial charge in [-0.2, -0.15) is 0 Å². The Balaban J connectivity index is 4.13. The van der Waals surface area contributed by atoms with Crippen LogP contribution in [0.1, 0.15) is 13.8 Å². The molecule has 0 heterocycles. The Morgan fingerprint density at radius 2 is 1.73 bits per heavy atom. The summed E-state index contributed by atoms with van der Waals surface area (Å²) in [5.41, 5.74) is 11.7. The van der Waals surface area contributed by atoms with Crippen molar-refractivity contribution in [2.75, 3.05) is 0 Å². The maximum atomic E-state index is 5.93. The van der Waals surface area contributed by atoms with E-state index in [1.54, 1.807) is 0 Å². The maximum absolute atomic E-state index is 5.93. The van der Waals surface area contributed by atoms with Gasteiger partial charge >= 0.3 is 108 Å². The zero-order valence-electron chi connectivity index (χ0n) is 6.46. The van der Waals surface area contributed by atoms with Crippen LogP contribution in [0, 0.1) is 11.8 Å². The molecule has 0 radical (unpaired) electrons. The van der Waals surface area contributed by atoms with Crippen molar-refractivity contribution in [1.29, 1.82) is 0 Å². The number of hydrogen-bond acceptors (Lipinski definition) is 2. The van der Waals surface area contributed by atoms with Crippen LogP contribution < -0.4 is 11.5 Å². The average molecular weight is 562 g/mol. The third-order valence-corrected chi connectivity index (χ3v) is 5.03. The molecule has 3 unspecified atom stereocenters. The van der Waals surface area contributed by atoms with Gasteiger partial charge in [0.05, 0.1) is 0 Å². The van der Waals surface area contributed by atoms with E-state index in [9.17, 15) is 0 Å². The average Bonchev–Trinajstić information content (AvgIpc) is 1.82. The van der Waals surface area contributed by atoms with Gasteiger partial charge in [-0.25, -0.2) is 0 Å². The first kappa shape index (κ1) is 13.1. The topological polar surface area (TPSA) is 52.0 Å². The Morgan fingerprint density at radius 3 is 1.82 bits per heavy atom. The Hall–Kier alpha value is 2.07. The van der Waals surface area contributed by atoms with Crippen LogP contribution in [0.5, 0.6) is 0 Å². The molecule has 0 aromatic carbocycles. The van der Waals surface area contributed by atoms with Crippen molar-refractivity contribution in [1.82, 2.24) is 0 Å². The summed E-state index contributed by atoms with van der Waals surface area (Å²) in [5.74, 6) is 0.881. The van der Waals surface area contributed by atoms with Crippen LogP contribution in [0.2, 0.25) is 0 Å². The third-order valence-electron chi connectivity index (χ3n) is 1.87. The van der Waals surface area contributed by atoms with E-state index in [4.69, 9.17) is 11.5 Å². The molecule has 0 saturated heterocycles. The van der Waals surface area contributed by atoms with Crippen molar-refractivity contribution in [3.63, 3.8) is 0 Å². The summed E-state index contributed by atoms with van der Waals surface area (Å²) in [6.07, 6.45) is 0. The SMILES string of the molecule is CC([CH](N)[Pt])C(C)C(N)(I)I. The van der Waals surface area contributed by atoms with Crippen LogP contribution in [-0.2, 0) is 19.8 Å². The van der Waals surface area contributed by atoms with Gasteiger partial charge in [0.25, 0.3) is 0 Å². The molecule has 0 aliphatic heterocycles. The first-order valence-corrected chi connectivity index (χ1v) is 6.76. The summed E-state index contributed by atoms with van der Waals surface area (Å²) in [7, 11) is 0. The van der Waals surface area contributed by atoms with Gasteiger partial charge in [-0.3, -0.25) is 0 Å². The molecular weight excluding hydrogens is 549 g/mol. The predicted octanol–water partition coefficient (Wildman–Crippen LogP) is 1.57. The van der Waals surface area contributed by atoms with Gasteiger partial charge in [-0.15, -0.1) is 0 Å². The summed E-state index contributed by atoms with van der Waals surface area (Å²) in [6, 6.07) is 0. The fourth-order valence-electron chi connectivity index (χ4n) is 0.608. The molecule has 0 spiro atoms. The van der Waals surface area contributed by atoms with Crippen molar-refractivity contribution < 1.29 is 19.8 Å².